The lowest BCUT2D eigenvalue weighted by atomic mass is 10.0. The first-order valence-electron chi connectivity index (χ1n) is 41.0. The number of aryl methyl sites for hydroxylation is 3. The molecule has 0 heterocycles. The minimum Gasteiger partial charge on any atom is -0.493 e. The van der Waals surface area contributed by atoms with Crippen LogP contribution >= 0.6 is 0 Å². The molecule has 0 aliphatic rings. The Bertz CT molecular complexity index is 4370. The van der Waals surface area contributed by atoms with E-state index in [-0.39, 0.29) is 18.3 Å². The van der Waals surface area contributed by atoms with Crippen molar-refractivity contribution in [2.45, 2.75) is 159 Å². The molecule has 0 radical (unpaired) electrons. The summed E-state index contributed by atoms with van der Waals surface area (Å²) in [5.41, 5.74) is 16.2. The van der Waals surface area contributed by atoms with Crippen molar-refractivity contribution in [1.29, 1.82) is 0 Å². The van der Waals surface area contributed by atoms with Crippen LogP contribution in [0.5, 0.6) is 86.2 Å². The molecular formula is C102H126O15. The topological polar surface area (TPSA) is 138 Å². The number of benzene rings is 9. The van der Waals surface area contributed by atoms with Gasteiger partial charge in [-0.2, -0.15) is 0 Å². The Morgan fingerprint density at radius 2 is 0.385 bits per heavy atom. The second-order valence-electron chi connectivity index (χ2n) is 28.0. The normalized spacial score (nSPS) is 12.1. The summed E-state index contributed by atoms with van der Waals surface area (Å²) in [7, 11) is 14.9. The van der Waals surface area contributed by atoms with Crippen molar-refractivity contribution in [2.24, 2.45) is 0 Å². The van der Waals surface area contributed by atoms with Crippen molar-refractivity contribution in [1.82, 2.24) is 0 Å². The summed E-state index contributed by atoms with van der Waals surface area (Å²) in [6.45, 7) is 27.1. The monoisotopic (exact) mass is 1590 g/mol. The van der Waals surface area contributed by atoms with Gasteiger partial charge in [0.2, 0.25) is 17.2 Å². The second kappa shape index (κ2) is 49.4. The number of rotatable bonds is 42. The molecule has 117 heavy (non-hydrogen) atoms. The maximum absolute atomic E-state index is 6.17. The highest BCUT2D eigenvalue weighted by atomic mass is 16.6. The Hall–Kier alpha value is -11.6. The van der Waals surface area contributed by atoms with Gasteiger partial charge in [0.15, 0.2) is 69.0 Å². The van der Waals surface area contributed by atoms with Crippen molar-refractivity contribution in [3.05, 3.63) is 229 Å². The first-order valence-corrected chi connectivity index (χ1v) is 41.0. The molecule has 9 rings (SSSR count). The Morgan fingerprint density at radius 1 is 0.214 bits per heavy atom. The number of hydrogen-bond donors (Lipinski definition) is 0. The predicted molar refractivity (Wildman–Crippen MR) is 487 cm³/mol. The van der Waals surface area contributed by atoms with Crippen LogP contribution in [-0.2, 0) is 19.3 Å². The smallest absolute Gasteiger partial charge is 0.203 e. The molecule has 0 saturated heterocycles. The van der Waals surface area contributed by atoms with Gasteiger partial charge in [-0.25, -0.2) is 0 Å². The van der Waals surface area contributed by atoms with Crippen LogP contribution in [0.2, 0.25) is 0 Å². The van der Waals surface area contributed by atoms with Crippen LogP contribution in [0.15, 0.2) is 146 Å². The van der Waals surface area contributed by atoms with Gasteiger partial charge in [0.1, 0.15) is 0 Å². The number of hydrogen-bond acceptors (Lipinski definition) is 15. The van der Waals surface area contributed by atoms with Crippen LogP contribution < -0.4 is 71.1 Å². The van der Waals surface area contributed by atoms with Gasteiger partial charge in [0, 0.05) is 0 Å². The molecule has 9 aromatic carbocycles. The van der Waals surface area contributed by atoms with E-state index in [1.807, 2.05) is 79.7 Å². The van der Waals surface area contributed by atoms with Crippen molar-refractivity contribution in [3.63, 3.8) is 0 Å². The molecule has 0 amide bonds. The zero-order valence-corrected chi connectivity index (χ0v) is 73.1. The summed E-state index contributed by atoms with van der Waals surface area (Å²) in [5.74, 6) is 10.7. The first-order chi connectivity index (χ1) is 56.9. The third kappa shape index (κ3) is 27.8. The minimum absolute atomic E-state index is 0.0653. The van der Waals surface area contributed by atoms with Crippen LogP contribution in [0.4, 0.5) is 0 Å². The van der Waals surface area contributed by atoms with Gasteiger partial charge < -0.3 is 71.1 Å². The molecular weight excluding hydrogens is 1470 g/mol. The molecule has 624 valence electrons. The summed E-state index contributed by atoms with van der Waals surface area (Å²) < 4.78 is 86.4. The van der Waals surface area contributed by atoms with Crippen molar-refractivity contribution < 1.29 is 71.1 Å². The first kappa shape index (κ1) is 92.6. The zero-order valence-electron chi connectivity index (χ0n) is 73.1. The fourth-order valence-corrected chi connectivity index (χ4v) is 12.2. The highest BCUT2D eigenvalue weighted by molar-refractivity contribution is 5.79. The van der Waals surface area contributed by atoms with Gasteiger partial charge in [0.25, 0.3) is 0 Å². The Morgan fingerprint density at radius 3 is 0.590 bits per heavy atom. The predicted octanol–water partition coefficient (Wildman–Crippen LogP) is 25.7. The van der Waals surface area contributed by atoms with E-state index in [0.29, 0.717) is 71.6 Å². The van der Waals surface area contributed by atoms with E-state index in [1.54, 1.807) is 64.0 Å². The SMILES string of the molecule is CCCOc1c(CC)cc(/C=C/c2ccc(/C=C/c3cc(OC)c(OCCC)c(OC)c3)cc2)cc1OC.CCCOc1c(OC)cc(/C=C/c2ccc(/C=C/c3cc(CC)c(OC(C)CC)c(OC)c3)cc2)cc1OC.CCc1cc(/C=C/c2ccc(/C=C/c3cc(OC)c(OC(C)CC)c(OC)c3)cc2)cc(OC)c1OC(C)CC. The van der Waals surface area contributed by atoms with Gasteiger partial charge in [0.05, 0.1) is 102 Å². The van der Waals surface area contributed by atoms with Crippen LogP contribution in [-0.4, -0.2) is 102 Å². The molecule has 15 heteroatoms. The van der Waals surface area contributed by atoms with E-state index >= 15 is 0 Å². The molecule has 9 aromatic rings. The Balaban J connectivity index is 0.000000243. The standard InChI is InChI=1S/C35H44O5.C34H42O5.C33H40O5/c1-9-24(4)39-34-30(11-3)20-28(21-31(34)36-6)18-16-26-12-14-27(15-13-26)17-19-29-22-32(37-7)35(33(23-29)38-8)40-25(5)10-2;1-8-19-38-34-31(36-6)22-28(23-32(34)37-7)18-16-26-13-11-25(12-14-26)15-17-27-20-29(10-3)33(30(21-27)35-5)39-24(4)9-2;1-7-18-37-32-28(9-3)20-26(21-29(32)34-4)16-14-24-10-12-25(13-11-24)15-17-27-22-30(35-5)33(38-19-8-2)31(23-27)36-6/h12-25H,9-11H2,1-8H3;11-18,20-24H,8-10,19H2,1-7H3;10-17,20-23H,7-9,18-19H2,1-6H3/b18-16+,19-17+;17-15+,18-16+;16-14+,17-15+. The summed E-state index contributed by atoms with van der Waals surface area (Å²) in [5, 5.41) is 0. The lowest BCUT2D eigenvalue weighted by molar-refractivity contribution is 0.198. The maximum Gasteiger partial charge on any atom is 0.203 e. The van der Waals surface area contributed by atoms with Gasteiger partial charge >= 0.3 is 0 Å². The molecule has 3 atom stereocenters. The summed E-state index contributed by atoms with van der Waals surface area (Å²) in [6, 6.07) is 49.6. The van der Waals surface area contributed by atoms with Gasteiger partial charge in [-0.15, -0.1) is 0 Å². The van der Waals surface area contributed by atoms with Crippen LogP contribution in [0.1, 0.15) is 205 Å². The fourth-order valence-electron chi connectivity index (χ4n) is 12.2. The van der Waals surface area contributed by atoms with Gasteiger partial charge in [-0.3, -0.25) is 0 Å². The van der Waals surface area contributed by atoms with Crippen LogP contribution in [0.3, 0.4) is 0 Å². The van der Waals surface area contributed by atoms with Crippen LogP contribution in [0.25, 0.3) is 72.9 Å². The average molecular weight is 1590 g/mol. The second-order valence-corrected chi connectivity index (χ2v) is 28.0. The van der Waals surface area contributed by atoms with E-state index < -0.39 is 0 Å². The Kier molecular flexibility index (Phi) is 39.1. The van der Waals surface area contributed by atoms with E-state index in [1.165, 1.54) is 0 Å². The molecule has 15 nitrogen and oxygen atoms in total. The van der Waals surface area contributed by atoms with E-state index in [9.17, 15) is 0 Å². The molecule has 0 saturated carbocycles. The molecule has 0 N–H and O–H groups in total. The molecule has 0 fully saturated rings. The summed E-state index contributed by atoms with van der Waals surface area (Å²) >= 11 is 0. The van der Waals surface area contributed by atoms with Crippen molar-refractivity contribution in [2.75, 3.05) is 83.8 Å². The van der Waals surface area contributed by atoms with Crippen molar-refractivity contribution >= 4 is 72.9 Å². The lowest BCUT2D eigenvalue weighted by Crippen LogP contribution is -2.12. The molecule has 0 aromatic heterocycles. The molecule has 0 aliphatic carbocycles. The maximum atomic E-state index is 6.17. The van der Waals surface area contributed by atoms with Crippen LogP contribution in [0, 0.1) is 0 Å². The number of ether oxygens (including phenoxy) is 15. The van der Waals surface area contributed by atoms with Gasteiger partial charge in [-0.05, 0) is 235 Å². The summed E-state index contributed by atoms with van der Waals surface area (Å²) in [6.07, 6.45) is 33.6. The minimum atomic E-state index is 0.0653. The fraction of sp³-hybridized carbons (Fsp3) is 0.353. The molecule has 0 spiro atoms. The third-order valence-corrected chi connectivity index (χ3v) is 19.4. The third-order valence-electron chi connectivity index (χ3n) is 19.4. The molecule has 0 aliphatic heterocycles. The van der Waals surface area contributed by atoms with Gasteiger partial charge in [-0.1, -0.05) is 208 Å². The zero-order chi connectivity index (χ0) is 84.6. The van der Waals surface area contributed by atoms with Crippen molar-refractivity contribution in [3.8, 4) is 86.2 Å². The van der Waals surface area contributed by atoms with E-state index in [2.05, 4.69) is 222 Å². The molecule has 3 unspecified atom stereocenters. The quantitative estimate of drug-likeness (QED) is 0.0335. The lowest BCUT2D eigenvalue weighted by Gasteiger charge is -2.19. The highest BCUT2D eigenvalue weighted by Gasteiger charge is 2.21. The molecule has 0 bridgehead atoms. The summed E-state index contributed by atoms with van der Waals surface area (Å²) in [4.78, 5) is 0. The Labute approximate surface area is 698 Å². The van der Waals surface area contributed by atoms with E-state index in [0.717, 1.165) is 176 Å². The largest absolute Gasteiger partial charge is 0.493 e. The van der Waals surface area contributed by atoms with E-state index in [4.69, 9.17) is 71.1 Å². The number of methoxy groups -OCH3 is 9. The average Bonchev–Trinajstić information content (AvgIpc) is 0.840. The highest BCUT2D eigenvalue weighted by Crippen LogP contribution is 2.44.